The van der Waals surface area contributed by atoms with Crippen molar-refractivity contribution in [3.05, 3.63) is 99.7 Å². The van der Waals surface area contributed by atoms with Gasteiger partial charge >= 0.3 is 0 Å². The molecule has 1 N–H and O–H groups in total. The van der Waals surface area contributed by atoms with E-state index in [9.17, 15) is 13.6 Å². The lowest BCUT2D eigenvalue weighted by Crippen LogP contribution is -2.21. The summed E-state index contributed by atoms with van der Waals surface area (Å²) >= 11 is 0. The monoisotopic (exact) mass is 412 g/mol. The van der Waals surface area contributed by atoms with Crippen LogP contribution in [0.2, 0.25) is 0 Å². The maximum Gasteiger partial charge on any atom is 0.254 e. The van der Waals surface area contributed by atoms with E-state index in [1.807, 2.05) is 12.1 Å². The molecule has 0 aliphatic heterocycles. The molecule has 6 heteroatoms. The van der Waals surface area contributed by atoms with Gasteiger partial charge in [-0.05, 0) is 47.9 Å². The number of aromatic nitrogens is 1. The fraction of sp³-hybridized carbons (Fsp3) is 0.292. The van der Waals surface area contributed by atoms with Crippen molar-refractivity contribution in [3.8, 4) is 5.75 Å². The van der Waals surface area contributed by atoms with Crippen molar-refractivity contribution in [3.63, 3.8) is 0 Å². The standard InChI is InChI=1S/C24H26F2N2O2/c1-2-12-27-15-18-3-7-20(8-4-18)23(26)16-28-13-11-22(14-24(28)29)30-17-19-5-9-21(25)10-6-19/h3-11,13-14,23,27H,2,12,15-17H2,1H3. The van der Waals surface area contributed by atoms with E-state index in [2.05, 4.69) is 12.2 Å². The summed E-state index contributed by atoms with van der Waals surface area (Å²) in [5, 5.41) is 3.31. The van der Waals surface area contributed by atoms with Gasteiger partial charge < -0.3 is 14.6 Å². The number of rotatable bonds is 10. The normalized spacial score (nSPS) is 12.0. The van der Waals surface area contributed by atoms with E-state index in [-0.39, 0.29) is 24.5 Å². The first kappa shape index (κ1) is 21.7. The Morgan fingerprint density at radius 3 is 2.40 bits per heavy atom. The highest BCUT2D eigenvalue weighted by Gasteiger charge is 2.12. The fourth-order valence-corrected chi connectivity index (χ4v) is 3.01. The van der Waals surface area contributed by atoms with Crippen LogP contribution < -0.4 is 15.6 Å². The van der Waals surface area contributed by atoms with Gasteiger partial charge in [-0.1, -0.05) is 43.3 Å². The quantitative estimate of drug-likeness (QED) is 0.488. The van der Waals surface area contributed by atoms with Gasteiger partial charge in [0.25, 0.3) is 5.56 Å². The molecule has 30 heavy (non-hydrogen) atoms. The first-order valence-corrected chi connectivity index (χ1v) is 10.1. The second kappa shape index (κ2) is 10.7. The van der Waals surface area contributed by atoms with Gasteiger partial charge in [0.2, 0.25) is 0 Å². The van der Waals surface area contributed by atoms with Crippen molar-refractivity contribution in [2.45, 2.75) is 39.2 Å². The van der Waals surface area contributed by atoms with Gasteiger partial charge in [-0.15, -0.1) is 0 Å². The van der Waals surface area contributed by atoms with Crippen molar-refractivity contribution in [1.82, 2.24) is 9.88 Å². The van der Waals surface area contributed by atoms with Gasteiger partial charge in [-0.2, -0.15) is 0 Å². The minimum Gasteiger partial charge on any atom is -0.489 e. The highest BCUT2D eigenvalue weighted by atomic mass is 19.1. The Morgan fingerprint density at radius 1 is 1.03 bits per heavy atom. The molecular formula is C24H26F2N2O2. The molecule has 1 heterocycles. The number of hydrogen-bond donors (Lipinski definition) is 1. The number of pyridine rings is 1. The van der Waals surface area contributed by atoms with Crippen LogP contribution in [0.15, 0.2) is 71.7 Å². The Morgan fingerprint density at radius 2 is 1.73 bits per heavy atom. The third-order valence-electron chi connectivity index (χ3n) is 4.74. The number of nitrogens with zero attached hydrogens (tertiary/aromatic N) is 1. The minimum atomic E-state index is -1.29. The Bertz CT molecular complexity index is 985. The zero-order chi connectivity index (χ0) is 21.3. The van der Waals surface area contributed by atoms with Crippen LogP contribution in [0, 0.1) is 5.82 Å². The number of halogens is 2. The molecule has 4 nitrogen and oxygen atoms in total. The SMILES string of the molecule is CCCNCc1ccc(C(F)Cn2ccc(OCc3ccc(F)cc3)cc2=O)cc1. The molecule has 1 aromatic heterocycles. The molecule has 0 aliphatic rings. The van der Waals surface area contributed by atoms with E-state index in [1.54, 1.807) is 30.3 Å². The molecule has 0 saturated heterocycles. The lowest BCUT2D eigenvalue weighted by atomic mass is 10.1. The first-order valence-electron chi connectivity index (χ1n) is 10.1. The summed E-state index contributed by atoms with van der Waals surface area (Å²) in [5.74, 6) is 0.0739. The third-order valence-corrected chi connectivity index (χ3v) is 4.74. The summed E-state index contributed by atoms with van der Waals surface area (Å²) in [6.07, 6.45) is 1.30. The van der Waals surface area contributed by atoms with E-state index in [0.717, 1.165) is 30.6 Å². The molecule has 0 bridgehead atoms. The Kier molecular flexibility index (Phi) is 7.74. The van der Waals surface area contributed by atoms with Gasteiger partial charge in [0.1, 0.15) is 24.3 Å². The minimum absolute atomic E-state index is 0.0650. The van der Waals surface area contributed by atoms with Crippen molar-refractivity contribution in [2.75, 3.05) is 6.54 Å². The van der Waals surface area contributed by atoms with E-state index >= 15 is 0 Å². The molecule has 3 rings (SSSR count). The van der Waals surface area contributed by atoms with Crippen LogP contribution in [-0.4, -0.2) is 11.1 Å². The van der Waals surface area contributed by atoms with Crippen LogP contribution in [0.1, 0.15) is 36.2 Å². The van der Waals surface area contributed by atoms with E-state index in [4.69, 9.17) is 4.74 Å². The van der Waals surface area contributed by atoms with Gasteiger partial charge in [-0.25, -0.2) is 8.78 Å². The number of ether oxygens (including phenoxy) is 1. The predicted octanol–water partition coefficient (Wildman–Crippen LogP) is 4.78. The number of nitrogens with one attached hydrogen (secondary N) is 1. The van der Waals surface area contributed by atoms with Crippen molar-refractivity contribution in [1.29, 1.82) is 0 Å². The zero-order valence-corrected chi connectivity index (χ0v) is 17.0. The molecule has 0 amide bonds. The van der Waals surface area contributed by atoms with Gasteiger partial charge in [0, 0.05) is 18.8 Å². The molecule has 0 spiro atoms. The summed E-state index contributed by atoms with van der Waals surface area (Å²) in [5.41, 5.74) is 2.09. The maximum atomic E-state index is 14.7. The molecule has 2 aromatic carbocycles. The van der Waals surface area contributed by atoms with E-state index in [1.165, 1.54) is 29.0 Å². The lowest BCUT2D eigenvalue weighted by molar-refractivity contribution is 0.292. The average Bonchev–Trinajstić information content (AvgIpc) is 2.75. The molecule has 0 radical (unpaired) electrons. The molecule has 0 aliphatic carbocycles. The fourth-order valence-electron chi connectivity index (χ4n) is 3.01. The Labute approximate surface area is 175 Å². The highest BCUT2D eigenvalue weighted by Crippen LogP contribution is 2.20. The third kappa shape index (κ3) is 6.26. The van der Waals surface area contributed by atoms with Crippen LogP contribution in [0.5, 0.6) is 5.75 Å². The van der Waals surface area contributed by atoms with Crippen molar-refractivity contribution >= 4 is 0 Å². The van der Waals surface area contributed by atoms with E-state index < -0.39 is 6.17 Å². The van der Waals surface area contributed by atoms with E-state index in [0.29, 0.717) is 11.3 Å². The lowest BCUT2D eigenvalue weighted by Gasteiger charge is -2.13. The maximum absolute atomic E-state index is 14.7. The Hall–Kier alpha value is -2.99. The molecule has 3 aromatic rings. The predicted molar refractivity (Wildman–Crippen MR) is 114 cm³/mol. The summed E-state index contributed by atoms with van der Waals surface area (Å²) in [7, 11) is 0. The Balaban J connectivity index is 1.57. The summed E-state index contributed by atoms with van der Waals surface area (Å²) in [6.45, 7) is 3.96. The van der Waals surface area contributed by atoms with Crippen LogP contribution in [0.3, 0.4) is 0 Å². The molecule has 1 atom stereocenters. The highest BCUT2D eigenvalue weighted by molar-refractivity contribution is 5.25. The van der Waals surface area contributed by atoms with Crippen LogP contribution in [0.4, 0.5) is 8.78 Å². The first-order chi connectivity index (χ1) is 14.5. The molecule has 0 saturated carbocycles. The second-order valence-corrected chi connectivity index (χ2v) is 7.15. The van der Waals surface area contributed by atoms with Crippen molar-refractivity contribution in [2.24, 2.45) is 0 Å². The molecule has 1 unspecified atom stereocenters. The van der Waals surface area contributed by atoms with Gasteiger partial charge in [0.15, 0.2) is 0 Å². The largest absolute Gasteiger partial charge is 0.489 e. The molecule has 0 fully saturated rings. The van der Waals surface area contributed by atoms with Gasteiger partial charge in [0.05, 0.1) is 6.54 Å². The summed E-state index contributed by atoms with van der Waals surface area (Å²) in [4.78, 5) is 12.3. The summed E-state index contributed by atoms with van der Waals surface area (Å²) in [6, 6.07) is 16.2. The zero-order valence-electron chi connectivity index (χ0n) is 17.0. The smallest absolute Gasteiger partial charge is 0.254 e. The van der Waals surface area contributed by atoms with Crippen LogP contribution >= 0.6 is 0 Å². The number of benzene rings is 2. The van der Waals surface area contributed by atoms with Crippen LogP contribution in [-0.2, 0) is 19.7 Å². The summed E-state index contributed by atoms with van der Waals surface area (Å²) < 4.78 is 34.5. The van der Waals surface area contributed by atoms with Crippen LogP contribution in [0.25, 0.3) is 0 Å². The number of hydrogen-bond acceptors (Lipinski definition) is 3. The molecule has 158 valence electrons. The second-order valence-electron chi connectivity index (χ2n) is 7.15. The molecular weight excluding hydrogens is 386 g/mol. The average molecular weight is 412 g/mol. The van der Waals surface area contributed by atoms with Crippen molar-refractivity contribution < 1.29 is 13.5 Å². The number of alkyl halides is 1. The topological polar surface area (TPSA) is 43.3 Å². The van der Waals surface area contributed by atoms with Gasteiger partial charge in [-0.3, -0.25) is 4.79 Å².